The zero-order chi connectivity index (χ0) is 14.3. The first-order chi connectivity index (χ1) is 9.06. The number of nitrogens with zero attached hydrogens (tertiary/aromatic N) is 1. The van der Waals surface area contributed by atoms with Crippen LogP contribution in [0.1, 0.15) is 38.8 Å². The minimum atomic E-state index is -0.334. The molecular weight excluding hydrogens is 264 g/mol. The highest BCUT2D eigenvalue weighted by Gasteiger charge is 2.14. The Kier molecular flexibility index (Phi) is 6.49. The predicted molar refractivity (Wildman–Crippen MR) is 75.2 cm³/mol. The van der Waals surface area contributed by atoms with Gasteiger partial charge >= 0.3 is 5.97 Å². The molecule has 6 heteroatoms. The lowest BCUT2D eigenvalue weighted by Gasteiger charge is -2.09. The standard InChI is InChI=1S/C13H20N2O3S/c1-4-5-6-9(2)12(17)15-13-14-10(8-19-13)7-11(16)18-3/h8-9H,4-7H2,1-3H3,(H,14,15,17). The van der Waals surface area contributed by atoms with E-state index in [0.717, 1.165) is 19.3 Å². The van der Waals surface area contributed by atoms with E-state index in [9.17, 15) is 9.59 Å². The SMILES string of the molecule is CCCCC(C)C(=O)Nc1nc(CC(=O)OC)cs1. The third-order valence-corrected chi connectivity index (χ3v) is 3.58. The number of ether oxygens (including phenoxy) is 1. The molecule has 1 heterocycles. The maximum Gasteiger partial charge on any atom is 0.311 e. The summed E-state index contributed by atoms with van der Waals surface area (Å²) in [5, 5.41) is 5.07. The summed E-state index contributed by atoms with van der Waals surface area (Å²) >= 11 is 1.32. The number of nitrogens with one attached hydrogen (secondary N) is 1. The van der Waals surface area contributed by atoms with Gasteiger partial charge in [-0.05, 0) is 6.42 Å². The summed E-state index contributed by atoms with van der Waals surface area (Å²) < 4.78 is 4.57. The monoisotopic (exact) mass is 284 g/mol. The second-order valence-electron chi connectivity index (χ2n) is 4.43. The highest BCUT2D eigenvalue weighted by molar-refractivity contribution is 7.13. The van der Waals surface area contributed by atoms with Gasteiger partial charge in [-0.1, -0.05) is 26.7 Å². The number of aromatic nitrogens is 1. The van der Waals surface area contributed by atoms with Gasteiger partial charge in [0.1, 0.15) is 0 Å². The van der Waals surface area contributed by atoms with Crippen LogP contribution >= 0.6 is 11.3 Å². The van der Waals surface area contributed by atoms with Crippen molar-refractivity contribution in [2.45, 2.75) is 39.5 Å². The molecule has 0 fully saturated rings. The van der Waals surface area contributed by atoms with Gasteiger partial charge < -0.3 is 10.1 Å². The van der Waals surface area contributed by atoms with Crippen LogP contribution in [-0.4, -0.2) is 24.0 Å². The molecule has 0 aliphatic heterocycles. The van der Waals surface area contributed by atoms with Gasteiger partial charge in [0.05, 0.1) is 19.2 Å². The van der Waals surface area contributed by atoms with Crippen molar-refractivity contribution in [3.63, 3.8) is 0 Å². The van der Waals surface area contributed by atoms with Crippen LogP contribution in [0, 0.1) is 5.92 Å². The minimum absolute atomic E-state index is 0.0205. The largest absolute Gasteiger partial charge is 0.469 e. The van der Waals surface area contributed by atoms with E-state index in [1.807, 2.05) is 6.92 Å². The average molecular weight is 284 g/mol. The number of hydrogen-bond acceptors (Lipinski definition) is 5. The first-order valence-electron chi connectivity index (χ1n) is 6.38. The second-order valence-corrected chi connectivity index (χ2v) is 5.29. The molecule has 1 unspecified atom stereocenters. The van der Waals surface area contributed by atoms with Crippen molar-refractivity contribution in [2.24, 2.45) is 5.92 Å². The first-order valence-corrected chi connectivity index (χ1v) is 7.26. The van der Waals surface area contributed by atoms with E-state index < -0.39 is 0 Å². The highest BCUT2D eigenvalue weighted by atomic mass is 32.1. The van der Waals surface area contributed by atoms with Crippen LogP contribution in [0.15, 0.2) is 5.38 Å². The Morgan fingerprint density at radius 1 is 1.53 bits per heavy atom. The molecule has 0 bridgehead atoms. The summed E-state index contributed by atoms with van der Waals surface area (Å²) in [5.41, 5.74) is 0.619. The summed E-state index contributed by atoms with van der Waals surface area (Å²) in [4.78, 5) is 27.2. The predicted octanol–water partition coefficient (Wildman–Crippen LogP) is 2.62. The molecule has 1 aromatic heterocycles. The fourth-order valence-electron chi connectivity index (χ4n) is 1.54. The molecule has 1 amide bonds. The average Bonchev–Trinajstić information content (AvgIpc) is 2.82. The molecule has 5 nitrogen and oxygen atoms in total. The summed E-state index contributed by atoms with van der Waals surface area (Å²) in [6, 6.07) is 0. The molecule has 0 aliphatic carbocycles. The molecule has 0 spiro atoms. The minimum Gasteiger partial charge on any atom is -0.469 e. The lowest BCUT2D eigenvalue weighted by atomic mass is 10.0. The van der Waals surface area contributed by atoms with Crippen LogP contribution in [0.3, 0.4) is 0 Å². The molecule has 19 heavy (non-hydrogen) atoms. The Bertz CT molecular complexity index is 431. The summed E-state index contributed by atoms with van der Waals surface area (Å²) in [5.74, 6) is -0.375. The van der Waals surface area contributed by atoms with Crippen LogP contribution < -0.4 is 5.32 Å². The number of rotatable bonds is 7. The van der Waals surface area contributed by atoms with Crippen LogP contribution in [0.25, 0.3) is 0 Å². The van der Waals surface area contributed by atoms with Crippen molar-refractivity contribution in [3.8, 4) is 0 Å². The van der Waals surface area contributed by atoms with E-state index in [1.54, 1.807) is 5.38 Å². The summed E-state index contributed by atoms with van der Waals surface area (Å²) in [6.45, 7) is 4.01. The van der Waals surface area contributed by atoms with Gasteiger partial charge in [-0.25, -0.2) is 4.98 Å². The number of amides is 1. The van der Waals surface area contributed by atoms with Crippen molar-refractivity contribution >= 4 is 28.3 Å². The van der Waals surface area contributed by atoms with Crippen molar-refractivity contribution in [1.82, 2.24) is 4.98 Å². The Hall–Kier alpha value is -1.43. The van der Waals surface area contributed by atoms with Crippen molar-refractivity contribution in [2.75, 3.05) is 12.4 Å². The third kappa shape index (κ3) is 5.38. The third-order valence-electron chi connectivity index (χ3n) is 2.77. The maximum atomic E-state index is 11.9. The number of carbonyl (C=O) groups excluding carboxylic acids is 2. The van der Waals surface area contributed by atoms with E-state index in [1.165, 1.54) is 18.4 Å². The lowest BCUT2D eigenvalue weighted by Crippen LogP contribution is -2.20. The molecule has 0 saturated heterocycles. The van der Waals surface area contributed by atoms with Crippen LogP contribution in [0.2, 0.25) is 0 Å². The summed E-state index contributed by atoms with van der Waals surface area (Å²) in [7, 11) is 1.34. The Labute approximate surface area is 117 Å². The maximum absolute atomic E-state index is 11.9. The van der Waals surface area contributed by atoms with Gasteiger partial charge in [0.2, 0.25) is 5.91 Å². The zero-order valence-corrected chi connectivity index (χ0v) is 12.4. The molecule has 106 valence electrons. The number of unbranched alkanes of at least 4 members (excludes halogenated alkanes) is 1. The van der Waals surface area contributed by atoms with Crippen LogP contribution in [-0.2, 0) is 20.7 Å². The topological polar surface area (TPSA) is 68.3 Å². The number of thiazole rings is 1. The highest BCUT2D eigenvalue weighted by Crippen LogP contribution is 2.18. The number of esters is 1. The summed E-state index contributed by atoms with van der Waals surface area (Å²) in [6.07, 6.45) is 3.13. The van der Waals surface area contributed by atoms with E-state index in [0.29, 0.717) is 10.8 Å². The van der Waals surface area contributed by atoms with Gasteiger partial charge in [0.15, 0.2) is 5.13 Å². The van der Waals surface area contributed by atoms with Crippen molar-refractivity contribution in [3.05, 3.63) is 11.1 Å². The van der Waals surface area contributed by atoms with E-state index in [4.69, 9.17) is 0 Å². The smallest absolute Gasteiger partial charge is 0.311 e. The molecule has 1 atom stereocenters. The fraction of sp³-hybridized carbons (Fsp3) is 0.615. The van der Waals surface area contributed by atoms with E-state index >= 15 is 0 Å². The molecule has 1 rings (SSSR count). The molecule has 0 saturated carbocycles. The van der Waals surface area contributed by atoms with Gasteiger partial charge in [-0.2, -0.15) is 0 Å². The van der Waals surface area contributed by atoms with Crippen LogP contribution in [0.4, 0.5) is 5.13 Å². The van der Waals surface area contributed by atoms with Crippen molar-refractivity contribution < 1.29 is 14.3 Å². The van der Waals surface area contributed by atoms with Gasteiger partial charge in [-0.15, -0.1) is 11.3 Å². The van der Waals surface area contributed by atoms with E-state index in [2.05, 4.69) is 22.0 Å². The fourth-order valence-corrected chi connectivity index (χ4v) is 2.25. The number of hydrogen-bond donors (Lipinski definition) is 1. The zero-order valence-electron chi connectivity index (χ0n) is 11.6. The molecule has 0 radical (unpaired) electrons. The van der Waals surface area contributed by atoms with Crippen molar-refractivity contribution in [1.29, 1.82) is 0 Å². The number of anilines is 1. The Morgan fingerprint density at radius 2 is 2.26 bits per heavy atom. The normalized spacial score (nSPS) is 11.9. The molecule has 1 N–H and O–H groups in total. The number of carbonyl (C=O) groups is 2. The second kappa shape index (κ2) is 7.89. The molecule has 0 aliphatic rings. The van der Waals surface area contributed by atoms with Gasteiger partial charge in [0, 0.05) is 11.3 Å². The Balaban J connectivity index is 2.48. The number of methoxy groups -OCH3 is 1. The van der Waals surface area contributed by atoms with Gasteiger partial charge in [-0.3, -0.25) is 9.59 Å². The molecular formula is C13H20N2O3S. The molecule has 1 aromatic rings. The van der Waals surface area contributed by atoms with Crippen LogP contribution in [0.5, 0.6) is 0 Å². The lowest BCUT2D eigenvalue weighted by molar-refractivity contribution is -0.139. The Morgan fingerprint density at radius 3 is 2.89 bits per heavy atom. The van der Waals surface area contributed by atoms with E-state index in [-0.39, 0.29) is 24.2 Å². The quantitative estimate of drug-likeness (QED) is 0.781. The molecule has 0 aromatic carbocycles. The first kappa shape index (κ1) is 15.6. The van der Waals surface area contributed by atoms with Gasteiger partial charge in [0.25, 0.3) is 0 Å².